The molecule has 3 aromatic rings. The molecule has 8 heteroatoms. The average Bonchev–Trinajstić information content (AvgIpc) is 2.84. The van der Waals surface area contributed by atoms with Gasteiger partial charge in [-0.2, -0.15) is 5.26 Å². The van der Waals surface area contributed by atoms with Crippen molar-refractivity contribution in [2.24, 2.45) is 0 Å². The van der Waals surface area contributed by atoms with E-state index in [2.05, 4.69) is 11.1 Å². The Labute approximate surface area is 203 Å². The predicted molar refractivity (Wildman–Crippen MR) is 133 cm³/mol. The molecule has 0 N–H and O–H groups in total. The number of carbonyl (C=O) groups is 1. The Balaban J connectivity index is 2.03. The number of anilines is 1. The molecule has 0 spiro atoms. The maximum atomic E-state index is 13.2. The van der Waals surface area contributed by atoms with Crippen LogP contribution in [0.2, 0.25) is 5.02 Å². The minimum atomic E-state index is -0.537. The van der Waals surface area contributed by atoms with Crippen molar-refractivity contribution >= 4 is 29.0 Å². The SMILES string of the molecule is CCCCC(=O)N(Cc1ccc(-c2ccccc2C#N)cc1)c1nc(C)c(Cl)c(C)c1[N+](=O)[O-]. The molecule has 1 aromatic heterocycles. The van der Waals surface area contributed by atoms with E-state index >= 15 is 0 Å². The van der Waals surface area contributed by atoms with Gasteiger partial charge in [-0.25, -0.2) is 4.98 Å². The van der Waals surface area contributed by atoms with E-state index in [1.165, 1.54) is 4.90 Å². The molecule has 1 amide bonds. The molecule has 3 rings (SSSR count). The standard InChI is InChI=1S/C26H25ClN4O3/c1-4-5-10-23(32)30(26-25(31(33)34)17(2)24(27)18(3)29-26)16-19-11-13-20(14-12-19)22-9-7-6-8-21(22)15-28/h6-9,11-14H,4-5,10,16H2,1-3H3. The van der Waals surface area contributed by atoms with Gasteiger partial charge in [0, 0.05) is 6.42 Å². The summed E-state index contributed by atoms with van der Waals surface area (Å²) in [4.78, 5) is 30.3. The summed E-state index contributed by atoms with van der Waals surface area (Å²) in [6.07, 6.45) is 1.74. The molecule has 0 atom stereocenters. The van der Waals surface area contributed by atoms with Gasteiger partial charge >= 0.3 is 5.69 Å². The van der Waals surface area contributed by atoms with Gasteiger partial charge in [-0.1, -0.05) is 67.4 Å². The largest absolute Gasteiger partial charge is 0.316 e. The number of aryl methyl sites for hydroxylation is 1. The number of pyridine rings is 1. The zero-order valence-corrected chi connectivity index (χ0v) is 20.1. The fourth-order valence-electron chi connectivity index (χ4n) is 3.76. The number of nitriles is 1. The van der Waals surface area contributed by atoms with Crippen molar-refractivity contribution < 1.29 is 9.72 Å². The zero-order chi connectivity index (χ0) is 24.8. The molecule has 2 aromatic carbocycles. The summed E-state index contributed by atoms with van der Waals surface area (Å²) in [6, 6.07) is 17.0. The topological polar surface area (TPSA) is 100 Å². The van der Waals surface area contributed by atoms with Crippen molar-refractivity contribution in [3.8, 4) is 17.2 Å². The van der Waals surface area contributed by atoms with Gasteiger partial charge in [0.1, 0.15) is 0 Å². The monoisotopic (exact) mass is 476 g/mol. The van der Waals surface area contributed by atoms with Gasteiger partial charge in [0.05, 0.1) is 39.4 Å². The van der Waals surface area contributed by atoms with E-state index in [4.69, 9.17) is 11.6 Å². The average molecular weight is 477 g/mol. The van der Waals surface area contributed by atoms with Crippen molar-refractivity contribution in [1.29, 1.82) is 5.26 Å². The number of rotatable bonds is 8. The van der Waals surface area contributed by atoms with Crippen LogP contribution in [0.15, 0.2) is 48.5 Å². The second-order valence-electron chi connectivity index (χ2n) is 8.00. The first kappa shape index (κ1) is 24.9. The van der Waals surface area contributed by atoms with Crippen molar-refractivity contribution in [1.82, 2.24) is 4.98 Å². The Morgan fingerprint density at radius 3 is 2.47 bits per heavy atom. The van der Waals surface area contributed by atoms with Gasteiger partial charge < -0.3 is 0 Å². The first-order valence-corrected chi connectivity index (χ1v) is 11.4. The molecular formula is C26H25ClN4O3. The van der Waals surface area contributed by atoms with Crippen LogP contribution < -0.4 is 4.90 Å². The first-order valence-electron chi connectivity index (χ1n) is 11.0. The van der Waals surface area contributed by atoms with E-state index in [1.54, 1.807) is 19.9 Å². The van der Waals surface area contributed by atoms with E-state index in [0.717, 1.165) is 23.1 Å². The molecule has 0 bridgehead atoms. The Kier molecular flexibility index (Phi) is 7.98. The highest BCUT2D eigenvalue weighted by Crippen LogP contribution is 2.37. The van der Waals surface area contributed by atoms with Crippen LogP contribution in [0.25, 0.3) is 11.1 Å². The Morgan fingerprint density at radius 1 is 1.18 bits per heavy atom. The molecule has 7 nitrogen and oxygen atoms in total. The maximum absolute atomic E-state index is 13.2. The summed E-state index contributed by atoms with van der Waals surface area (Å²) in [5, 5.41) is 21.5. The van der Waals surface area contributed by atoms with Crippen molar-refractivity contribution in [2.45, 2.75) is 46.6 Å². The van der Waals surface area contributed by atoms with Gasteiger partial charge in [-0.05, 0) is 43.0 Å². The highest BCUT2D eigenvalue weighted by atomic mass is 35.5. The number of aromatic nitrogens is 1. The van der Waals surface area contributed by atoms with Crippen LogP contribution in [0.4, 0.5) is 11.5 Å². The lowest BCUT2D eigenvalue weighted by atomic mass is 9.99. The molecule has 34 heavy (non-hydrogen) atoms. The number of hydrogen-bond acceptors (Lipinski definition) is 5. The van der Waals surface area contributed by atoms with E-state index in [-0.39, 0.29) is 41.0 Å². The maximum Gasteiger partial charge on any atom is 0.316 e. The second-order valence-corrected chi connectivity index (χ2v) is 8.38. The van der Waals surface area contributed by atoms with Crippen LogP contribution in [0, 0.1) is 35.3 Å². The molecular weight excluding hydrogens is 452 g/mol. The quantitative estimate of drug-likeness (QED) is 0.272. The van der Waals surface area contributed by atoms with Crippen LogP contribution in [0.5, 0.6) is 0 Å². The van der Waals surface area contributed by atoms with Gasteiger partial charge in [0.25, 0.3) is 0 Å². The van der Waals surface area contributed by atoms with Gasteiger partial charge in [0.15, 0.2) is 0 Å². The summed E-state index contributed by atoms with van der Waals surface area (Å²) < 4.78 is 0. The number of amides is 1. The van der Waals surface area contributed by atoms with E-state index in [1.807, 2.05) is 49.4 Å². The smallest absolute Gasteiger partial charge is 0.287 e. The summed E-state index contributed by atoms with van der Waals surface area (Å²) in [5.74, 6) is -0.234. The van der Waals surface area contributed by atoms with E-state index in [0.29, 0.717) is 17.7 Å². The lowest BCUT2D eigenvalue weighted by Crippen LogP contribution is -2.32. The number of halogens is 1. The Hall–Kier alpha value is -3.76. The van der Waals surface area contributed by atoms with Gasteiger partial charge in [-0.15, -0.1) is 0 Å². The molecule has 0 saturated carbocycles. The number of hydrogen-bond donors (Lipinski definition) is 0. The van der Waals surface area contributed by atoms with Crippen molar-refractivity contribution in [3.63, 3.8) is 0 Å². The number of carbonyl (C=O) groups excluding carboxylic acids is 1. The third-order valence-corrected chi connectivity index (χ3v) is 6.18. The lowest BCUT2D eigenvalue weighted by Gasteiger charge is -2.23. The summed E-state index contributed by atoms with van der Waals surface area (Å²) in [5.41, 5.74) is 3.48. The Bertz CT molecular complexity index is 1270. The molecule has 0 aliphatic heterocycles. The lowest BCUT2D eigenvalue weighted by molar-refractivity contribution is -0.384. The third kappa shape index (κ3) is 5.24. The minimum Gasteiger partial charge on any atom is -0.287 e. The molecule has 0 saturated heterocycles. The molecule has 0 unspecified atom stereocenters. The van der Waals surface area contributed by atoms with Crippen LogP contribution in [0.1, 0.15) is 48.6 Å². The molecule has 0 aliphatic carbocycles. The zero-order valence-electron chi connectivity index (χ0n) is 19.3. The number of nitrogens with zero attached hydrogens (tertiary/aromatic N) is 4. The van der Waals surface area contributed by atoms with Crippen molar-refractivity contribution in [2.75, 3.05) is 4.90 Å². The number of benzene rings is 2. The fraction of sp³-hybridized carbons (Fsp3) is 0.269. The molecule has 0 radical (unpaired) electrons. The van der Waals surface area contributed by atoms with Crippen molar-refractivity contribution in [3.05, 3.63) is 86.1 Å². The van der Waals surface area contributed by atoms with Crippen LogP contribution >= 0.6 is 11.6 Å². The highest BCUT2D eigenvalue weighted by molar-refractivity contribution is 6.32. The van der Waals surface area contributed by atoms with Crippen LogP contribution in [0.3, 0.4) is 0 Å². The number of nitro groups is 1. The second kappa shape index (κ2) is 10.9. The predicted octanol–water partition coefficient (Wildman–Crippen LogP) is 6.52. The van der Waals surface area contributed by atoms with Gasteiger partial charge in [-0.3, -0.25) is 19.8 Å². The number of unbranched alkanes of at least 4 members (excludes halogenated alkanes) is 1. The Morgan fingerprint density at radius 2 is 1.85 bits per heavy atom. The fourth-order valence-corrected chi connectivity index (χ4v) is 3.89. The third-order valence-electron chi connectivity index (χ3n) is 5.62. The van der Waals surface area contributed by atoms with E-state index in [9.17, 15) is 20.2 Å². The summed E-state index contributed by atoms with van der Waals surface area (Å²) in [7, 11) is 0. The summed E-state index contributed by atoms with van der Waals surface area (Å²) >= 11 is 6.23. The van der Waals surface area contributed by atoms with E-state index < -0.39 is 4.92 Å². The van der Waals surface area contributed by atoms with Crippen LogP contribution in [-0.2, 0) is 11.3 Å². The molecule has 0 fully saturated rings. The van der Waals surface area contributed by atoms with Crippen LogP contribution in [-0.4, -0.2) is 15.8 Å². The van der Waals surface area contributed by atoms with Gasteiger partial charge in [0.2, 0.25) is 11.7 Å². The first-order chi connectivity index (χ1) is 16.3. The molecule has 1 heterocycles. The molecule has 174 valence electrons. The molecule has 0 aliphatic rings. The minimum absolute atomic E-state index is 0.00408. The highest BCUT2D eigenvalue weighted by Gasteiger charge is 2.30. The normalized spacial score (nSPS) is 10.6. The summed E-state index contributed by atoms with van der Waals surface area (Å²) in [6.45, 7) is 5.33.